The maximum Gasteiger partial charge on any atom is 0.337 e. The summed E-state index contributed by atoms with van der Waals surface area (Å²) in [6, 6.07) is 12.5. The van der Waals surface area contributed by atoms with E-state index in [0.717, 1.165) is 24.0 Å². The first-order valence-electron chi connectivity index (χ1n) is 7.37. The summed E-state index contributed by atoms with van der Waals surface area (Å²) in [7, 11) is 1.33. The average Bonchev–Trinajstić information content (AvgIpc) is 3.39. The fourth-order valence-electron chi connectivity index (χ4n) is 2.33. The summed E-state index contributed by atoms with van der Waals surface area (Å²) in [5.41, 5.74) is 2.71. The Morgan fingerprint density at radius 3 is 2.39 bits per heavy atom. The van der Waals surface area contributed by atoms with Crippen molar-refractivity contribution in [1.82, 2.24) is 0 Å². The Morgan fingerprint density at radius 1 is 1.09 bits per heavy atom. The van der Waals surface area contributed by atoms with Crippen molar-refractivity contribution in [3.8, 4) is 11.1 Å². The van der Waals surface area contributed by atoms with E-state index < -0.39 is 5.97 Å². The summed E-state index contributed by atoms with van der Waals surface area (Å²) in [6.45, 7) is 0. The van der Waals surface area contributed by atoms with E-state index in [1.54, 1.807) is 24.3 Å². The van der Waals surface area contributed by atoms with Gasteiger partial charge in [0.25, 0.3) is 0 Å². The third-order valence-electron chi connectivity index (χ3n) is 3.75. The van der Waals surface area contributed by atoms with Gasteiger partial charge in [-0.3, -0.25) is 4.79 Å². The van der Waals surface area contributed by atoms with Crippen molar-refractivity contribution >= 4 is 29.2 Å². The van der Waals surface area contributed by atoms with E-state index in [9.17, 15) is 9.59 Å². The first-order chi connectivity index (χ1) is 11.1. The summed E-state index contributed by atoms with van der Waals surface area (Å²) in [5.74, 6) is -0.354. The number of nitrogens with one attached hydrogen (secondary N) is 1. The summed E-state index contributed by atoms with van der Waals surface area (Å²) in [4.78, 5) is 23.9. The predicted octanol–water partition coefficient (Wildman–Crippen LogP) is 4.14. The Balaban J connectivity index is 1.98. The number of amides is 1. The normalized spacial score (nSPS) is 13.5. The lowest BCUT2D eigenvalue weighted by atomic mass is 10.0. The van der Waals surface area contributed by atoms with Crippen LogP contribution < -0.4 is 5.32 Å². The number of esters is 1. The Kier molecular flexibility index (Phi) is 4.35. The van der Waals surface area contributed by atoms with Crippen LogP contribution in [-0.4, -0.2) is 19.0 Å². The lowest BCUT2D eigenvalue weighted by Crippen LogP contribution is -2.14. The summed E-state index contributed by atoms with van der Waals surface area (Å²) in [6.07, 6.45) is 1.85. The van der Waals surface area contributed by atoms with Gasteiger partial charge in [-0.05, 0) is 54.3 Å². The summed E-state index contributed by atoms with van der Waals surface area (Å²) >= 11 is 5.91. The third kappa shape index (κ3) is 3.71. The molecule has 3 rings (SSSR count). The van der Waals surface area contributed by atoms with Gasteiger partial charge in [0.2, 0.25) is 5.91 Å². The van der Waals surface area contributed by atoms with Crippen LogP contribution >= 0.6 is 11.6 Å². The molecular formula is C18H16ClNO3. The van der Waals surface area contributed by atoms with Crippen molar-refractivity contribution in [2.24, 2.45) is 5.92 Å². The SMILES string of the molecule is COC(=O)c1cc(NC(=O)C2CC2)cc(-c2ccc(Cl)cc2)c1. The highest BCUT2D eigenvalue weighted by Crippen LogP contribution is 2.31. The lowest BCUT2D eigenvalue weighted by Gasteiger charge is -2.10. The van der Waals surface area contributed by atoms with E-state index in [0.29, 0.717) is 16.3 Å². The van der Waals surface area contributed by atoms with Gasteiger partial charge < -0.3 is 10.1 Å². The van der Waals surface area contributed by atoms with Crippen LogP contribution in [0.5, 0.6) is 0 Å². The van der Waals surface area contributed by atoms with Crippen molar-refractivity contribution in [3.63, 3.8) is 0 Å². The lowest BCUT2D eigenvalue weighted by molar-refractivity contribution is -0.117. The third-order valence-corrected chi connectivity index (χ3v) is 4.00. The molecule has 5 heteroatoms. The second-order valence-corrected chi connectivity index (χ2v) is 6.00. The number of methoxy groups -OCH3 is 1. The molecule has 0 unspecified atom stereocenters. The molecule has 0 radical (unpaired) electrons. The number of benzene rings is 2. The maximum absolute atomic E-state index is 12.0. The van der Waals surface area contributed by atoms with Gasteiger partial charge in [0.15, 0.2) is 0 Å². The molecule has 0 aromatic heterocycles. The van der Waals surface area contributed by atoms with Crippen LogP contribution in [-0.2, 0) is 9.53 Å². The van der Waals surface area contributed by atoms with Gasteiger partial charge in [-0.15, -0.1) is 0 Å². The Labute approximate surface area is 139 Å². The number of rotatable bonds is 4. The van der Waals surface area contributed by atoms with Crippen molar-refractivity contribution < 1.29 is 14.3 Å². The Bertz CT molecular complexity index is 751. The fraction of sp³-hybridized carbons (Fsp3) is 0.222. The number of ether oxygens (including phenoxy) is 1. The van der Waals surface area contributed by atoms with Crippen molar-refractivity contribution in [2.75, 3.05) is 12.4 Å². The molecule has 1 saturated carbocycles. The van der Waals surface area contributed by atoms with Gasteiger partial charge in [0, 0.05) is 16.6 Å². The second kappa shape index (κ2) is 6.42. The van der Waals surface area contributed by atoms with Gasteiger partial charge in [-0.1, -0.05) is 23.7 Å². The molecule has 1 fully saturated rings. The molecule has 0 bridgehead atoms. The highest BCUT2D eigenvalue weighted by atomic mass is 35.5. The van der Waals surface area contributed by atoms with Crippen LogP contribution in [0.15, 0.2) is 42.5 Å². The van der Waals surface area contributed by atoms with Gasteiger partial charge in [-0.2, -0.15) is 0 Å². The number of anilines is 1. The van der Waals surface area contributed by atoms with E-state index in [4.69, 9.17) is 16.3 Å². The summed E-state index contributed by atoms with van der Waals surface area (Å²) in [5, 5.41) is 3.51. The number of carbonyl (C=O) groups is 2. The molecule has 118 valence electrons. The molecule has 2 aromatic carbocycles. The van der Waals surface area contributed by atoms with Crippen molar-refractivity contribution in [3.05, 3.63) is 53.1 Å². The van der Waals surface area contributed by atoms with Gasteiger partial charge >= 0.3 is 5.97 Å². The van der Waals surface area contributed by atoms with Crippen LogP contribution in [0.2, 0.25) is 5.02 Å². The molecule has 1 N–H and O–H groups in total. The molecule has 0 atom stereocenters. The first-order valence-corrected chi connectivity index (χ1v) is 7.75. The minimum atomic E-state index is -0.442. The fourth-order valence-corrected chi connectivity index (χ4v) is 2.46. The second-order valence-electron chi connectivity index (χ2n) is 5.56. The zero-order valence-electron chi connectivity index (χ0n) is 12.6. The minimum Gasteiger partial charge on any atom is -0.465 e. The van der Waals surface area contributed by atoms with E-state index in [1.807, 2.05) is 18.2 Å². The molecule has 1 aliphatic rings. The number of halogens is 1. The van der Waals surface area contributed by atoms with Crippen LogP contribution in [0, 0.1) is 5.92 Å². The minimum absolute atomic E-state index is 0.00549. The summed E-state index contributed by atoms with van der Waals surface area (Å²) < 4.78 is 4.79. The molecule has 4 nitrogen and oxygen atoms in total. The van der Waals surface area contributed by atoms with Crippen LogP contribution in [0.3, 0.4) is 0 Å². The molecule has 0 saturated heterocycles. The van der Waals surface area contributed by atoms with Gasteiger partial charge in [0.05, 0.1) is 12.7 Å². The zero-order chi connectivity index (χ0) is 16.4. The maximum atomic E-state index is 12.0. The topological polar surface area (TPSA) is 55.4 Å². The van der Waals surface area contributed by atoms with E-state index in [1.165, 1.54) is 7.11 Å². The molecule has 1 aliphatic carbocycles. The van der Waals surface area contributed by atoms with E-state index in [-0.39, 0.29) is 11.8 Å². The molecular weight excluding hydrogens is 314 g/mol. The van der Waals surface area contributed by atoms with E-state index in [2.05, 4.69) is 5.32 Å². The van der Waals surface area contributed by atoms with Crippen molar-refractivity contribution in [2.45, 2.75) is 12.8 Å². The van der Waals surface area contributed by atoms with E-state index >= 15 is 0 Å². The zero-order valence-corrected chi connectivity index (χ0v) is 13.4. The highest BCUT2D eigenvalue weighted by Gasteiger charge is 2.29. The van der Waals surface area contributed by atoms with Crippen LogP contribution in [0.4, 0.5) is 5.69 Å². The monoisotopic (exact) mass is 329 g/mol. The number of carbonyl (C=O) groups excluding carboxylic acids is 2. The number of hydrogen-bond acceptors (Lipinski definition) is 3. The molecule has 0 heterocycles. The van der Waals surface area contributed by atoms with Gasteiger partial charge in [-0.25, -0.2) is 4.79 Å². The largest absolute Gasteiger partial charge is 0.465 e. The number of hydrogen-bond donors (Lipinski definition) is 1. The smallest absolute Gasteiger partial charge is 0.337 e. The quantitative estimate of drug-likeness (QED) is 0.858. The first kappa shape index (κ1) is 15.6. The van der Waals surface area contributed by atoms with Crippen LogP contribution in [0.1, 0.15) is 23.2 Å². The standard InChI is InChI=1S/C18H16ClNO3/c1-23-18(22)14-8-13(11-4-6-15(19)7-5-11)9-16(10-14)20-17(21)12-2-3-12/h4-10,12H,2-3H2,1H3,(H,20,21). The molecule has 0 aliphatic heterocycles. The Hall–Kier alpha value is -2.33. The average molecular weight is 330 g/mol. The van der Waals surface area contributed by atoms with Crippen LogP contribution in [0.25, 0.3) is 11.1 Å². The highest BCUT2D eigenvalue weighted by molar-refractivity contribution is 6.30. The van der Waals surface area contributed by atoms with Gasteiger partial charge in [0.1, 0.15) is 0 Å². The van der Waals surface area contributed by atoms with Crippen molar-refractivity contribution in [1.29, 1.82) is 0 Å². The Morgan fingerprint density at radius 2 is 1.78 bits per heavy atom. The molecule has 2 aromatic rings. The molecule has 0 spiro atoms. The molecule has 1 amide bonds. The molecule has 23 heavy (non-hydrogen) atoms. The predicted molar refractivity (Wildman–Crippen MR) is 89.6 cm³/mol.